The highest BCUT2D eigenvalue weighted by Crippen LogP contribution is 2.27. The predicted octanol–water partition coefficient (Wildman–Crippen LogP) is 3.69. The van der Waals surface area contributed by atoms with Crippen LogP contribution in [-0.4, -0.2) is 44.1 Å². The molecular formula is C26H31N5O2. The lowest BCUT2D eigenvalue weighted by Crippen LogP contribution is -2.49. The summed E-state index contributed by atoms with van der Waals surface area (Å²) in [7, 11) is 0. The number of carbonyl (C=O) groups excluding carboxylic acids is 1. The number of carbonyl (C=O) groups is 1. The zero-order valence-electron chi connectivity index (χ0n) is 19.6. The maximum Gasteiger partial charge on any atom is 0.275 e. The quantitative estimate of drug-likeness (QED) is 0.615. The molecular weight excluding hydrogens is 414 g/mol. The highest BCUT2D eigenvalue weighted by molar-refractivity contribution is 5.93. The van der Waals surface area contributed by atoms with Crippen LogP contribution >= 0.6 is 0 Å². The van der Waals surface area contributed by atoms with Gasteiger partial charge in [-0.05, 0) is 69.4 Å². The number of amides is 1. The first-order valence-electron chi connectivity index (χ1n) is 11.8. The summed E-state index contributed by atoms with van der Waals surface area (Å²) in [6, 6.07) is 9.93. The fourth-order valence-electron chi connectivity index (χ4n) is 5.05. The molecule has 0 bridgehead atoms. The largest absolute Gasteiger partial charge is 0.371 e. The molecule has 1 saturated heterocycles. The average molecular weight is 446 g/mol. The van der Waals surface area contributed by atoms with Gasteiger partial charge in [0.2, 0.25) is 0 Å². The Balaban J connectivity index is 1.42. The van der Waals surface area contributed by atoms with Crippen molar-refractivity contribution < 1.29 is 4.79 Å². The van der Waals surface area contributed by atoms with E-state index in [1.807, 2.05) is 24.9 Å². The molecule has 3 aromatic rings. The van der Waals surface area contributed by atoms with Crippen LogP contribution in [0.1, 0.15) is 53.5 Å². The van der Waals surface area contributed by atoms with Gasteiger partial charge in [-0.25, -0.2) is 4.98 Å². The summed E-state index contributed by atoms with van der Waals surface area (Å²) in [6.45, 7) is 9.27. The molecule has 1 aromatic carbocycles. The van der Waals surface area contributed by atoms with Gasteiger partial charge in [0.1, 0.15) is 11.4 Å². The van der Waals surface area contributed by atoms with Crippen LogP contribution in [0.15, 0.2) is 47.7 Å². The molecule has 2 aliphatic heterocycles. The van der Waals surface area contributed by atoms with Crippen LogP contribution in [0.4, 0.5) is 5.69 Å². The standard InChI is InChI=1S/C26H31N5O2/c1-18-7-8-21(13-24(18)28-11-5-4-6-12-28)16-30-20(3)15-31-23(26(30)33)10-9-22(25(31)32)29-14-19(2)27-17-29/h7-10,13-14,17,20H,4-6,11-12,15-16H2,1-3H3. The summed E-state index contributed by atoms with van der Waals surface area (Å²) in [5.74, 6) is -0.0979. The molecule has 1 unspecified atom stereocenters. The first-order valence-corrected chi connectivity index (χ1v) is 11.8. The topological polar surface area (TPSA) is 63.4 Å². The number of pyridine rings is 1. The van der Waals surface area contributed by atoms with Gasteiger partial charge in [-0.3, -0.25) is 9.59 Å². The van der Waals surface area contributed by atoms with E-state index >= 15 is 0 Å². The number of rotatable bonds is 4. The molecule has 7 nitrogen and oxygen atoms in total. The van der Waals surface area contributed by atoms with Gasteiger partial charge in [0, 0.05) is 44.1 Å². The Morgan fingerprint density at radius 3 is 2.52 bits per heavy atom. The molecule has 0 saturated carbocycles. The van der Waals surface area contributed by atoms with Crippen molar-refractivity contribution in [1.82, 2.24) is 19.0 Å². The molecule has 5 rings (SSSR count). The van der Waals surface area contributed by atoms with Gasteiger partial charge in [-0.1, -0.05) is 12.1 Å². The van der Waals surface area contributed by atoms with Crippen LogP contribution < -0.4 is 10.5 Å². The highest BCUT2D eigenvalue weighted by atomic mass is 16.2. The zero-order chi connectivity index (χ0) is 23.1. The molecule has 33 heavy (non-hydrogen) atoms. The van der Waals surface area contributed by atoms with Crippen molar-refractivity contribution in [2.45, 2.75) is 59.2 Å². The van der Waals surface area contributed by atoms with E-state index in [0.29, 0.717) is 24.5 Å². The lowest BCUT2D eigenvalue weighted by atomic mass is 10.0. The van der Waals surface area contributed by atoms with Crippen molar-refractivity contribution >= 4 is 11.6 Å². The van der Waals surface area contributed by atoms with Crippen molar-refractivity contribution in [2.24, 2.45) is 0 Å². The summed E-state index contributed by atoms with van der Waals surface area (Å²) in [5.41, 5.74) is 5.32. The third-order valence-electron chi connectivity index (χ3n) is 6.93. The van der Waals surface area contributed by atoms with Crippen LogP contribution in [0.25, 0.3) is 5.69 Å². The fraction of sp³-hybridized carbons (Fsp3) is 0.423. The van der Waals surface area contributed by atoms with Crippen LogP contribution in [0, 0.1) is 13.8 Å². The number of fused-ring (bicyclic) bond motifs is 1. The molecule has 0 N–H and O–H groups in total. The Morgan fingerprint density at radius 1 is 1.00 bits per heavy atom. The van der Waals surface area contributed by atoms with Gasteiger partial charge < -0.3 is 18.9 Å². The van der Waals surface area contributed by atoms with Crippen LogP contribution in [0.3, 0.4) is 0 Å². The van der Waals surface area contributed by atoms with Gasteiger partial charge >= 0.3 is 0 Å². The Morgan fingerprint density at radius 2 is 1.79 bits per heavy atom. The van der Waals surface area contributed by atoms with Crippen molar-refractivity contribution in [3.8, 4) is 5.69 Å². The predicted molar refractivity (Wildman–Crippen MR) is 129 cm³/mol. The van der Waals surface area contributed by atoms with E-state index in [9.17, 15) is 9.59 Å². The van der Waals surface area contributed by atoms with Crippen LogP contribution in [0.2, 0.25) is 0 Å². The summed E-state index contributed by atoms with van der Waals surface area (Å²) in [4.78, 5) is 35.2. The number of hydrogen-bond acceptors (Lipinski definition) is 4. The second-order valence-corrected chi connectivity index (χ2v) is 9.39. The van der Waals surface area contributed by atoms with Crippen molar-refractivity contribution in [3.63, 3.8) is 0 Å². The molecule has 7 heteroatoms. The second kappa shape index (κ2) is 8.54. The molecule has 172 valence electrons. The van der Waals surface area contributed by atoms with E-state index in [2.05, 4.69) is 35.0 Å². The number of aryl methyl sites for hydroxylation is 2. The molecule has 1 amide bonds. The van der Waals surface area contributed by atoms with Crippen LogP contribution in [-0.2, 0) is 13.1 Å². The maximum absolute atomic E-state index is 13.4. The molecule has 0 spiro atoms. The van der Waals surface area contributed by atoms with E-state index in [0.717, 1.165) is 24.3 Å². The second-order valence-electron chi connectivity index (χ2n) is 9.39. The minimum Gasteiger partial charge on any atom is -0.371 e. The third-order valence-corrected chi connectivity index (χ3v) is 6.93. The first-order chi connectivity index (χ1) is 15.9. The Bertz CT molecular complexity index is 1250. The molecule has 4 heterocycles. The molecule has 1 fully saturated rings. The monoisotopic (exact) mass is 445 g/mol. The van der Waals surface area contributed by atoms with Gasteiger partial charge in [0.15, 0.2) is 0 Å². The smallest absolute Gasteiger partial charge is 0.275 e. The third kappa shape index (κ3) is 3.96. The minimum atomic E-state index is -0.160. The Kier molecular flexibility index (Phi) is 5.56. The van der Waals surface area contributed by atoms with Gasteiger partial charge in [0.05, 0.1) is 12.0 Å². The number of nitrogens with zero attached hydrogens (tertiary/aromatic N) is 5. The van der Waals surface area contributed by atoms with Crippen molar-refractivity contribution in [1.29, 1.82) is 0 Å². The van der Waals surface area contributed by atoms with Crippen LogP contribution in [0.5, 0.6) is 0 Å². The summed E-state index contributed by atoms with van der Waals surface area (Å²) >= 11 is 0. The number of piperidine rings is 1. The van der Waals surface area contributed by atoms with E-state index in [-0.39, 0.29) is 17.5 Å². The molecule has 2 aliphatic rings. The number of anilines is 1. The average Bonchev–Trinajstić information content (AvgIpc) is 3.25. The van der Waals surface area contributed by atoms with Gasteiger partial charge in [-0.2, -0.15) is 0 Å². The maximum atomic E-state index is 13.4. The SMILES string of the molecule is Cc1cn(-c2ccc3n(c2=O)CC(C)N(Cc2ccc(C)c(N4CCCCC4)c2)C3=O)cn1. The van der Waals surface area contributed by atoms with Gasteiger partial charge in [-0.15, -0.1) is 0 Å². The first kappa shape index (κ1) is 21.5. The van der Waals surface area contributed by atoms with Crippen molar-refractivity contribution in [2.75, 3.05) is 18.0 Å². The highest BCUT2D eigenvalue weighted by Gasteiger charge is 2.31. The molecule has 0 aliphatic carbocycles. The normalized spacial score (nSPS) is 18.5. The number of hydrogen-bond donors (Lipinski definition) is 0. The lowest BCUT2D eigenvalue weighted by molar-refractivity contribution is 0.0590. The molecule has 1 atom stereocenters. The zero-order valence-corrected chi connectivity index (χ0v) is 19.6. The van der Waals surface area contributed by atoms with Gasteiger partial charge in [0.25, 0.3) is 11.5 Å². The Labute approximate surface area is 194 Å². The minimum absolute atomic E-state index is 0.0813. The molecule has 2 aromatic heterocycles. The summed E-state index contributed by atoms with van der Waals surface area (Å²) in [6.07, 6.45) is 7.23. The lowest BCUT2D eigenvalue weighted by Gasteiger charge is -2.36. The number of aromatic nitrogens is 3. The number of benzene rings is 1. The summed E-state index contributed by atoms with van der Waals surface area (Å²) in [5, 5.41) is 0. The van der Waals surface area contributed by atoms with E-state index in [1.54, 1.807) is 27.6 Å². The summed E-state index contributed by atoms with van der Waals surface area (Å²) < 4.78 is 3.34. The fourth-order valence-corrected chi connectivity index (χ4v) is 5.05. The van der Waals surface area contributed by atoms with Crippen molar-refractivity contribution in [3.05, 3.63) is 75.7 Å². The van der Waals surface area contributed by atoms with E-state index in [4.69, 9.17) is 0 Å². The van der Waals surface area contributed by atoms with E-state index in [1.165, 1.54) is 30.5 Å². The van der Waals surface area contributed by atoms with E-state index < -0.39 is 0 Å². The Hall–Kier alpha value is -3.35. The number of imidazole rings is 1. The molecule has 0 radical (unpaired) electrons.